The summed E-state index contributed by atoms with van der Waals surface area (Å²) in [5.74, 6) is -4.22. The number of hydrogen-bond acceptors (Lipinski definition) is 6. The van der Waals surface area contributed by atoms with E-state index in [0.717, 1.165) is 9.78 Å². The van der Waals surface area contributed by atoms with Crippen molar-refractivity contribution in [3.63, 3.8) is 0 Å². The lowest BCUT2D eigenvalue weighted by molar-refractivity contribution is -0.151. The second kappa shape index (κ2) is 6.24. The van der Waals surface area contributed by atoms with E-state index < -0.39 is 47.0 Å². The number of carbonyl (C=O) groups excluding carboxylic acids is 3. The Morgan fingerprint density at radius 2 is 1.96 bits per heavy atom. The lowest BCUT2D eigenvalue weighted by Crippen LogP contribution is -2.54. The number of rotatable bonds is 3. The molecule has 140 valence electrons. The molecular weight excluding hydrogens is 371 g/mol. The number of nitrogens with zero attached hydrogens (tertiary/aromatic N) is 1. The van der Waals surface area contributed by atoms with E-state index in [4.69, 9.17) is 4.74 Å². The van der Waals surface area contributed by atoms with Crippen molar-refractivity contribution in [2.24, 2.45) is 11.8 Å². The molecule has 6 nitrogen and oxygen atoms in total. The van der Waals surface area contributed by atoms with Gasteiger partial charge in [0.05, 0.1) is 30.7 Å². The van der Waals surface area contributed by atoms with Crippen molar-refractivity contribution in [3.05, 3.63) is 52.5 Å². The van der Waals surface area contributed by atoms with E-state index in [9.17, 15) is 18.8 Å². The number of anilines is 1. The number of fused-ring (bicyclic) bond motifs is 1. The summed E-state index contributed by atoms with van der Waals surface area (Å²) in [6.45, 7) is 1.56. The van der Waals surface area contributed by atoms with Crippen LogP contribution in [0.1, 0.15) is 17.8 Å². The number of methoxy groups -OCH3 is 1. The highest BCUT2D eigenvalue weighted by Crippen LogP contribution is 2.50. The minimum Gasteiger partial charge on any atom is -0.468 e. The first-order chi connectivity index (χ1) is 12.9. The lowest BCUT2D eigenvalue weighted by atomic mass is 9.81. The van der Waals surface area contributed by atoms with E-state index in [0.29, 0.717) is 0 Å². The fourth-order valence-electron chi connectivity index (χ4n) is 4.12. The summed E-state index contributed by atoms with van der Waals surface area (Å²) >= 11 is 1.42. The number of esters is 1. The van der Waals surface area contributed by atoms with E-state index in [2.05, 4.69) is 5.32 Å². The van der Waals surface area contributed by atoms with Crippen LogP contribution < -0.4 is 10.2 Å². The fraction of sp³-hybridized carbons (Fsp3) is 0.316. The van der Waals surface area contributed by atoms with Gasteiger partial charge in [-0.1, -0.05) is 18.2 Å². The van der Waals surface area contributed by atoms with Crippen LogP contribution >= 0.6 is 11.3 Å². The molecule has 0 saturated carbocycles. The van der Waals surface area contributed by atoms with Gasteiger partial charge in [-0.3, -0.25) is 19.7 Å². The summed E-state index contributed by atoms with van der Waals surface area (Å²) in [7, 11) is 1.23. The van der Waals surface area contributed by atoms with Gasteiger partial charge in [0, 0.05) is 4.88 Å². The Morgan fingerprint density at radius 3 is 2.59 bits per heavy atom. The van der Waals surface area contributed by atoms with E-state index in [1.807, 2.05) is 17.5 Å². The first kappa shape index (κ1) is 17.8. The highest BCUT2D eigenvalue weighted by molar-refractivity contribution is 7.10. The molecule has 27 heavy (non-hydrogen) atoms. The largest absolute Gasteiger partial charge is 0.468 e. The number of para-hydroxylation sites is 1. The number of nitrogens with one attached hydrogen (secondary N) is 1. The van der Waals surface area contributed by atoms with Crippen LogP contribution in [0.5, 0.6) is 0 Å². The summed E-state index contributed by atoms with van der Waals surface area (Å²) < 4.78 is 19.2. The monoisotopic (exact) mass is 388 g/mol. The van der Waals surface area contributed by atoms with Crippen molar-refractivity contribution in [1.82, 2.24) is 5.32 Å². The summed E-state index contributed by atoms with van der Waals surface area (Å²) in [6.07, 6.45) is 0. The van der Waals surface area contributed by atoms with Crippen molar-refractivity contribution < 1.29 is 23.5 Å². The van der Waals surface area contributed by atoms with E-state index >= 15 is 0 Å². The van der Waals surface area contributed by atoms with Crippen LogP contribution in [0.3, 0.4) is 0 Å². The SMILES string of the molecule is COC(=O)[C@]1(C)N[C@H](c2cccs2)[C@@H]2C(=O)N(c3ccccc3F)C(=O)[C@H]21. The number of ether oxygens (including phenoxy) is 1. The van der Waals surface area contributed by atoms with Gasteiger partial charge in [0.2, 0.25) is 11.8 Å². The van der Waals surface area contributed by atoms with E-state index in [1.165, 1.54) is 36.6 Å². The molecule has 3 heterocycles. The van der Waals surface area contributed by atoms with Crippen LogP contribution in [0.4, 0.5) is 10.1 Å². The average Bonchev–Trinajstić information content (AvgIpc) is 3.34. The predicted molar refractivity (Wildman–Crippen MR) is 96.5 cm³/mol. The van der Waals surface area contributed by atoms with E-state index in [-0.39, 0.29) is 5.69 Å². The first-order valence-corrected chi connectivity index (χ1v) is 9.30. The summed E-state index contributed by atoms with van der Waals surface area (Å²) in [5.41, 5.74) is -1.49. The third-order valence-electron chi connectivity index (χ3n) is 5.34. The molecule has 2 saturated heterocycles. The molecule has 8 heteroatoms. The third-order valence-corrected chi connectivity index (χ3v) is 6.30. The third kappa shape index (κ3) is 2.44. The van der Waals surface area contributed by atoms with Gasteiger partial charge < -0.3 is 4.74 Å². The average molecular weight is 388 g/mol. The Labute approximate surface area is 158 Å². The minimum atomic E-state index is -1.39. The van der Waals surface area contributed by atoms with Crippen molar-refractivity contribution in [2.45, 2.75) is 18.5 Å². The molecule has 2 fully saturated rings. The number of halogens is 1. The van der Waals surface area contributed by atoms with Crippen LogP contribution in [-0.4, -0.2) is 30.4 Å². The Bertz CT molecular complexity index is 932. The standard InChI is InChI=1S/C19H17FN2O4S/c1-19(18(25)26-2)14-13(15(21-19)12-8-5-9-27-12)16(23)22(17(14)24)11-7-4-3-6-10(11)20/h3-9,13-15,21H,1-2H3/t13-,14+,15-,19-/m1/s1. The number of amides is 2. The lowest BCUT2D eigenvalue weighted by Gasteiger charge is -2.28. The maximum absolute atomic E-state index is 14.3. The topological polar surface area (TPSA) is 75.7 Å². The molecule has 2 amide bonds. The summed E-state index contributed by atoms with van der Waals surface area (Å²) in [4.78, 5) is 40.6. The van der Waals surface area contributed by atoms with Gasteiger partial charge in [-0.05, 0) is 30.5 Å². The molecule has 2 aliphatic heterocycles. The maximum atomic E-state index is 14.3. The molecule has 0 bridgehead atoms. The molecule has 0 aliphatic carbocycles. The van der Waals surface area contributed by atoms with Crippen molar-refractivity contribution in [1.29, 1.82) is 0 Å². The van der Waals surface area contributed by atoms with Gasteiger partial charge in [-0.2, -0.15) is 0 Å². The highest BCUT2D eigenvalue weighted by Gasteiger charge is 2.67. The van der Waals surface area contributed by atoms with Gasteiger partial charge in [-0.15, -0.1) is 11.3 Å². The second-order valence-corrected chi connectivity index (χ2v) is 7.78. The number of carbonyl (C=O) groups is 3. The molecule has 4 rings (SSSR count). The predicted octanol–water partition coefficient (Wildman–Crippen LogP) is 2.27. The summed E-state index contributed by atoms with van der Waals surface area (Å²) in [5, 5.41) is 5.00. The molecule has 1 aromatic carbocycles. The van der Waals surface area contributed by atoms with Crippen molar-refractivity contribution in [3.8, 4) is 0 Å². The molecule has 0 radical (unpaired) electrons. The normalized spacial score (nSPS) is 29.9. The zero-order valence-corrected chi connectivity index (χ0v) is 15.5. The van der Waals surface area contributed by atoms with Crippen molar-refractivity contribution in [2.75, 3.05) is 12.0 Å². The quantitative estimate of drug-likeness (QED) is 0.645. The molecule has 1 aromatic heterocycles. The molecule has 1 N–H and O–H groups in total. The fourth-order valence-corrected chi connectivity index (χ4v) is 4.94. The second-order valence-electron chi connectivity index (χ2n) is 6.80. The summed E-state index contributed by atoms with van der Waals surface area (Å²) in [6, 6.07) is 8.76. The van der Waals surface area contributed by atoms with Crippen molar-refractivity contribution >= 4 is 34.8 Å². The van der Waals surface area contributed by atoms with Gasteiger partial charge in [0.15, 0.2) is 0 Å². The smallest absolute Gasteiger partial charge is 0.326 e. The number of benzene rings is 1. The Morgan fingerprint density at radius 1 is 1.22 bits per heavy atom. The zero-order chi connectivity index (χ0) is 19.3. The van der Waals surface area contributed by atoms with Crippen LogP contribution in [0.25, 0.3) is 0 Å². The van der Waals surface area contributed by atoms with Crippen LogP contribution in [0, 0.1) is 17.7 Å². The molecule has 2 aliphatic rings. The minimum absolute atomic E-state index is 0.0981. The van der Waals surface area contributed by atoms with Gasteiger partial charge in [0.1, 0.15) is 11.4 Å². The van der Waals surface area contributed by atoms with Gasteiger partial charge in [0.25, 0.3) is 0 Å². The molecule has 0 unspecified atom stereocenters. The Hall–Kier alpha value is -2.58. The van der Waals surface area contributed by atoms with Gasteiger partial charge >= 0.3 is 5.97 Å². The maximum Gasteiger partial charge on any atom is 0.326 e. The first-order valence-electron chi connectivity index (χ1n) is 8.42. The molecule has 0 spiro atoms. The van der Waals surface area contributed by atoms with Gasteiger partial charge in [-0.25, -0.2) is 9.29 Å². The molecule has 4 atom stereocenters. The number of hydrogen-bond donors (Lipinski definition) is 1. The number of imide groups is 1. The molecule has 2 aromatic rings. The van der Waals surface area contributed by atoms with Crippen LogP contribution in [0.15, 0.2) is 41.8 Å². The van der Waals surface area contributed by atoms with Crippen LogP contribution in [0.2, 0.25) is 0 Å². The van der Waals surface area contributed by atoms with Crippen LogP contribution in [-0.2, 0) is 19.1 Å². The highest BCUT2D eigenvalue weighted by atomic mass is 32.1. The zero-order valence-electron chi connectivity index (χ0n) is 14.6. The Balaban J connectivity index is 1.84. The van der Waals surface area contributed by atoms with E-state index in [1.54, 1.807) is 13.0 Å². The Kier molecular flexibility index (Phi) is 4.12. The molecular formula is C19H17FN2O4S. The number of thiophene rings is 1.